The molecule has 0 unspecified atom stereocenters. The van der Waals surface area contributed by atoms with Gasteiger partial charge in [-0.05, 0) is 24.5 Å². The van der Waals surface area contributed by atoms with Crippen molar-refractivity contribution in [1.29, 1.82) is 0 Å². The molecular weight excluding hydrogens is 248 g/mol. The largest absolute Gasteiger partial charge is 0.370 e. The Hall–Kier alpha value is -2.36. The second-order valence-corrected chi connectivity index (χ2v) is 4.45. The van der Waals surface area contributed by atoms with Gasteiger partial charge in [-0.15, -0.1) is 6.58 Å². The maximum atomic E-state index is 4.37. The van der Waals surface area contributed by atoms with E-state index in [2.05, 4.69) is 51.4 Å². The summed E-state index contributed by atoms with van der Waals surface area (Å²) in [6.45, 7) is 5.21. The van der Waals surface area contributed by atoms with E-state index in [9.17, 15) is 0 Å². The zero-order chi connectivity index (χ0) is 14.0. The molecule has 0 aliphatic carbocycles. The highest BCUT2D eigenvalue weighted by Gasteiger charge is 1.98. The van der Waals surface area contributed by atoms with Crippen molar-refractivity contribution in [3.05, 3.63) is 60.8 Å². The van der Waals surface area contributed by atoms with Gasteiger partial charge in [0.2, 0.25) is 5.95 Å². The van der Waals surface area contributed by atoms with Crippen LogP contribution in [0.15, 0.2) is 55.3 Å². The summed E-state index contributed by atoms with van der Waals surface area (Å²) in [5, 5.41) is 6.39. The minimum Gasteiger partial charge on any atom is -0.370 e. The Morgan fingerprint density at radius 3 is 2.75 bits per heavy atom. The lowest BCUT2D eigenvalue weighted by atomic mass is 10.1. The summed E-state index contributed by atoms with van der Waals surface area (Å²) in [5.41, 5.74) is 1.37. The van der Waals surface area contributed by atoms with Crippen LogP contribution in [0, 0.1) is 0 Å². The van der Waals surface area contributed by atoms with Gasteiger partial charge in [0.25, 0.3) is 0 Å². The minimum absolute atomic E-state index is 0.623. The molecule has 0 aliphatic heterocycles. The van der Waals surface area contributed by atoms with Crippen LogP contribution in [0.1, 0.15) is 12.0 Å². The fraction of sp³-hybridized carbons (Fsp3) is 0.250. The Morgan fingerprint density at radius 2 is 1.95 bits per heavy atom. The lowest BCUT2D eigenvalue weighted by Crippen LogP contribution is -2.08. The van der Waals surface area contributed by atoms with E-state index in [4.69, 9.17) is 0 Å². The highest BCUT2D eigenvalue weighted by atomic mass is 15.1. The maximum Gasteiger partial charge on any atom is 0.224 e. The van der Waals surface area contributed by atoms with E-state index < -0.39 is 0 Å². The van der Waals surface area contributed by atoms with Crippen molar-refractivity contribution in [2.24, 2.45) is 0 Å². The van der Waals surface area contributed by atoms with Gasteiger partial charge in [0.15, 0.2) is 0 Å². The van der Waals surface area contributed by atoms with Crippen molar-refractivity contribution in [2.45, 2.75) is 12.8 Å². The quantitative estimate of drug-likeness (QED) is 0.570. The molecule has 1 heterocycles. The topological polar surface area (TPSA) is 49.8 Å². The lowest BCUT2D eigenvalue weighted by Gasteiger charge is -2.07. The minimum atomic E-state index is 0.623. The van der Waals surface area contributed by atoms with Gasteiger partial charge in [-0.3, -0.25) is 0 Å². The average molecular weight is 268 g/mol. The summed E-state index contributed by atoms with van der Waals surface area (Å²) in [7, 11) is 0. The van der Waals surface area contributed by atoms with E-state index in [1.807, 2.05) is 12.1 Å². The van der Waals surface area contributed by atoms with E-state index in [0.717, 1.165) is 25.2 Å². The first-order chi connectivity index (χ1) is 9.88. The normalized spacial score (nSPS) is 10.0. The van der Waals surface area contributed by atoms with Crippen LogP contribution in [-0.4, -0.2) is 23.1 Å². The molecule has 104 valence electrons. The number of hydrogen-bond acceptors (Lipinski definition) is 4. The highest BCUT2D eigenvalue weighted by Crippen LogP contribution is 2.07. The summed E-state index contributed by atoms with van der Waals surface area (Å²) >= 11 is 0. The summed E-state index contributed by atoms with van der Waals surface area (Å²) in [6.07, 6.45) is 5.67. The van der Waals surface area contributed by atoms with E-state index in [0.29, 0.717) is 12.5 Å². The van der Waals surface area contributed by atoms with E-state index in [-0.39, 0.29) is 0 Å². The smallest absolute Gasteiger partial charge is 0.224 e. The Kier molecular flexibility index (Phi) is 5.58. The number of hydrogen-bond donors (Lipinski definition) is 2. The number of aryl methyl sites for hydroxylation is 1. The van der Waals surface area contributed by atoms with Gasteiger partial charge in [-0.25, -0.2) is 4.98 Å². The average Bonchev–Trinajstić information content (AvgIpc) is 2.51. The molecule has 0 spiro atoms. The standard InChI is InChI=1S/C16H20N4/c1-2-11-18-16-19-13-10-15(20-16)17-12-6-9-14-7-4-3-5-8-14/h2-5,7-8,10,13H,1,6,9,11-12H2,(H2,17,18,19,20). The summed E-state index contributed by atoms with van der Waals surface area (Å²) in [4.78, 5) is 8.52. The zero-order valence-electron chi connectivity index (χ0n) is 11.5. The number of rotatable bonds is 8. The third-order valence-electron chi connectivity index (χ3n) is 2.85. The van der Waals surface area contributed by atoms with Gasteiger partial charge in [0, 0.05) is 19.3 Å². The fourth-order valence-corrected chi connectivity index (χ4v) is 1.86. The zero-order valence-corrected chi connectivity index (χ0v) is 11.5. The molecule has 1 aromatic heterocycles. The van der Waals surface area contributed by atoms with Gasteiger partial charge in [-0.2, -0.15) is 4.98 Å². The first-order valence-electron chi connectivity index (χ1n) is 6.84. The molecule has 2 N–H and O–H groups in total. The Bertz CT molecular complexity index is 525. The van der Waals surface area contributed by atoms with E-state index >= 15 is 0 Å². The van der Waals surface area contributed by atoms with Crippen LogP contribution in [0.4, 0.5) is 11.8 Å². The SMILES string of the molecule is C=CCNc1nccc(NCCCc2ccccc2)n1. The molecule has 0 aliphatic rings. The molecule has 0 atom stereocenters. The molecule has 4 heteroatoms. The molecule has 0 bridgehead atoms. The Balaban J connectivity index is 1.75. The van der Waals surface area contributed by atoms with Crippen LogP contribution in [0.2, 0.25) is 0 Å². The molecule has 2 aromatic rings. The van der Waals surface area contributed by atoms with Crippen LogP contribution in [0.3, 0.4) is 0 Å². The number of anilines is 2. The van der Waals surface area contributed by atoms with Gasteiger partial charge >= 0.3 is 0 Å². The molecule has 4 nitrogen and oxygen atoms in total. The summed E-state index contributed by atoms with van der Waals surface area (Å²) in [6, 6.07) is 12.4. The Labute approximate surface area is 120 Å². The maximum absolute atomic E-state index is 4.37. The van der Waals surface area contributed by atoms with Gasteiger partial charge in [0.05, 0.1) is 0 Å². The van der Waals surface area contributed by atoms with Gasteiger partial charge < -0.3 is 10.6 Å². The predicted molar refractivity (Wildman–Crippen MR) is 84.0 cm³/mol. The first kappa shape index (κ1) is 14.1. The van der Waals surface area contributed by atoms with Crippen LogP contribution >= 0.6 is 0 Å². The van der Waals surface area contributed by atoms with Crippen molar-refractivity contribution >= 4 is 11.8 Å². The molecule has 1 aromatic carbocycles. The fourth-order valence-electron chi connectivity index (χ4n) is 1.86. The summed E-state index contributed by atoms with van der Waals surface area (Å²) in [5.74, 6) is 1.47. The van der Waals surface area contributed by atoms with E-state index in [1.54, 1.807) is 12.3 Å². The molecule has 0 radical (unpaired) electrons. The van der Waals surface area contributed by atoms with Crippen LogP contribution in [-0.2, 0) is 6.42 Å². The number of benzene rings is 1. The van der Waals surface area contributed by atoms with Crippen LogP contribution in [0.5, 0.6) is 0 Å². The third-order valence-corrected chi connectivity index (χ3v) is 2.85. The molecule has 0 fully saturated rings. The lowest BCUT2D eigenvalue weighted by molar-refractivity contribution is 0.858. The molecular formula is C16H20N4. The molecule has 20 heavy (non-hydrogen) atoms. The van der Waals surface area contributed by atoms with Crippen molar-refractivity contribution in [3.63, 3.8) is 0 Å². The van der Waals surface area contributed by atoms with Crippen molar-refractivity contribution in [1.82, 2.24) is 9.97 Å². The van der Waals surface area contributed by atoms with E-state index in [1.165, 1.54) is 5.56 Å². The second kappa shape index (κ2) is 7.94. The van der Waals surface area contributed by atoms with Crippen LogP contribution < -0.4 is 10.6 Å². The first-order valence-corrected chi connectivity index (χ1v) is 6.84. The monoisotopic (exact) mass is 268 g/mol. The van der Waals surface area contributed by atoms with Crippen molar-refractivity contribution < 1.29 is 0 Å². The Morgan fingerprint density at radius 1 is 1.10 bits per heavy atom. The van der Waals surface area contributed by atoms with Crippen molar-refractivity contribution in [2.75, 3.05) is 23.7 Å². The number of aromatic nitrogens is 2. The van der Waals surface area contributed by atoms with Gasteiger partial charge in [0.1, 0.15) is 5.82 Å². The summed E-state index contributed by atoms with van der Waals surface area (Å²) < 4.78 is 0. The third kappa shape index (κ3) is 4.72. The van der Waals surface area contributed by atoms with Gasteiger partial charge in [-0.1, -0.05) is 36.4 Å². The van der Waals surface area contributed by atoms with Crippen molar-refractivity contribution in [3.8, 4) is 0 Å². The second-order valence-electron chi connectivity index (χ2n) is 4.45. The van der Waals surface area contributed by atoms with Crippen LogP contribution in [0.25, 0.3) is 0 Å². The molecule has 0 saturated carbocycles. The highest BCUT2D eigenvalue weighted by molar-refractivity contribution is 5.39. The molecule has 0 amide bonds. The predicted octanol–water partition coefficient (Wildman–Crippen LogP) is 3.12. The molecule has 2 rings (SSSR count). The number of nitrogens with one attached hydrogen (secondary N) is 2. The number of nitrogens with zero attached hydrogens (tertiary/aromatic N) is 2. The molecule has 0 saturated heterocycles.